The van der Waals surface area contributed by atoms with Crippen LogP contribution in [0.25, 0.3) is 0 Å². The third kappa shape index (κ3) is 6.72. The van der Waals surface area contributed by atoms with Crippen molar-refractivity contribution in [3.05, 3.63) is 11.6 Å². The average Bonchev–Trinajstić information content (AvgIpc) is 2.22. The van der Waals surface area contributed by atoms with Crippen molar-refractivity contribution in [1.29, 1.82) is 0 Å². The maximum absolute atomic E-state index is 5.60. The van der Waals surface area contributed by atoms with Crippen molar-refractivity contribution in [1.82, 2.24) is 0 Å². The number of rotatable bonds is 1. The molecule has 15 heavy (non-hydrogen) atoms. The Kier molecular flexibility index (Phi) is 7.63. The highest BCUT2D eigenvalue weighted by Gasteiger charge is 2.00. The fourth-order valence-electron chi connectivity index (χ4n) is 2.44. The zero-order chi connectivity index (χ0) is 10.8. The van der Waals surface area contributed by atoms with E-state index in [2.05, 4.69) is 6.08 Å². The van der Waals surface area contributed by atoms with Crippen molar-refractivity contribution < 1.29 is 0 Å². The van der Waals surface area contributed by atoms with Crippen LogP contribution in [-0.2, 0) is 0 Å². The summed E-state index contributed by atoms with van der Waals surface area (Å²) in [6.07, 6.45) is 17.7. The summed E-state index contributed by atoms with van der Waals surface area (Å²) in [5.74, 6) is 0. The highest BCUT2D eigenvalue weighted by Crippen LogP contribution is 2.19. The van der Waals surface area contributed by atoms with Gasteiger partial charge >= 0.3 is 0 Å². The van der Waals surface area contributed by atoms with Crippen LogP contribution in [0.5, 0.6) is 0 Å². The largest absolute Gasteiger partial charge is 0.327 e. The van der Waals surface area contributed by atoms with Gasteiger partial charge < -0.3 is 5.73 Å². The molecule has 1 saturated carbocycles. The molecular formula is C14H27N. The average molecular weight is 209 g/mol. The lowest BCUT2D eigenvalue weighted by Gasteiger charge is -2.09. The molecule has 1 aliphatic rings. The molecule has 0 aromatic rings. The van der Waals surface area contributed by atoms with Gasteiger partial charge in [0.15, 0.2) is 0 Å². The van der Waals surface area contributed by atoms with Crippen LogP contribution in [0.4, 0.5) is 0 Å². The first-order valence-corrected chi connectivity index (χ1v) is 6.81. The van der Waals surface area contributed by atoms with E-state index in [1.54, 1.807) is 5.57 Å². The zero-order valence-corrected chi connectivity index (χ0v) is 10.1. The maximum atomic E-state index is 5.60. The molecule has 0 radical (unpaired) electrons. The molecule has 0 aromatic carbocycles. The molecule has 1 nitrogen and oxygen atoms in total. The molecule has 88 valence electrons. The van der Waals surface area contributed by atoms with E-state index in [-0.39, 0.29) is 0 Å². The number of allylic oxidation sites excluding steroid dienone is 1. The van der Waals surface area contributed by atoms with E-state index >= 15 is 0 Å². The zero-order valence-electron chi connectivity index (χ0n) is 10.1. The molecule has 0 aliphatic heterocycles. The van der Waals surface area contributed by atoms with Crippen molar-refractivity contribution in [3.8, 4) is 0 Å². The number of hydrogen-bond acceptors (Lipinski definition) is 1. The van der Waals surface area contributed by atoms with Gasteiger partial charge in [0, 0.05) is 6.54 Å². The minimum absolute atomic E-state index is 0.731. The molecule has 1 aliphatic carbocycles. The quantitative estimate of drug-likeness (QED) is 0.644. The second kappa shape index (κ2) is 8.96. The van der Waals surface area contributed by atoms with Gasteiger partial charge in [0.25, 0.3) is 0 Å². The molecule has 1 fully saturated rings. The first kappa shape index (κ1) is 12.8. The lowest BCUT2D eigenvalue weighted by Crippen LogP contribution is -1.97. The predicted molar refractivity (Wildman–Crippen MR) is 67.9 cm³/mol. The molecule has 0 amide bonds. The topological polar surface area (TPSA) is 26.0 Å². The van der Waals surface area contributed by atoms with Crippen molar-refractivity contribution in [2.24, 2.45) is 5.73 Å². The highest BCUT2D eigenvalue weighted by atomic mass is 14.5. The molecule has 0 spiro atoms. The molecule has 1 heteroatoms. The van der Waals surface area contributed by atoms with E-state index in [4.69, 9.17) is 5.73 Å². The summed E-state index contributed by atoms with van der Waals surface area (Å²) in [7, 11) is 0. The van der Waals surface area contributed by atoms with Crippen molar-refractivity contribution >= 4 is 0 Å². The Morgan fingerprint density at radius 1 is 0.733 bits per heavy atom. The Hall–Kier alpha value is -0.300. The molecule has 0 bridgehead atoms. The van der Waals surface area contributed by atoms with Crippen LogP contribution in [0.3, 0.4) is 0 Å². The highest BCUT2D eigenvalue weighted by molar-refractivity contribution is 5.02. The van der Waals surface area contributed by atoms with E-state index in [0.717, 1.165) is 6.54 Å². The summed E-state index contributed by atoms with van der Waals surface area (Å²) in [6, 6.07) is 0. The third-order valence-corrected chi connectivity index (χ3v) is 3.40. The summed E-state index contributed by atoms with van der Waals surface area (Å²) in [6.45, 7) is 0.731. The molecule has 0 aromatic heterocycles. The first-order valence-electron chi connectivity index (χ1n) is 6.81. The molecule has 2 N–H and O–H groups in total. The van der Waals surface area contributed by atoms with E-state index < -0.39 is 0 Å². The van der Waals surface area contributed by atoms with Crippen LogP contribution in [0.1, 0.15) is 70.6 Å². The summed E-state index contributed by atoms with van der Waals surface area (Å²) in [5, 5.41) is 0. The molecule has 0 atom stereocenters. The van der Waals surface area contributed by atoms with Gasteiger partial charge in [-0.05, 0) is 25.7 Å². The second-order valence-electron chi connectivity index (χ2n) is 4.78. The lowest BCUT2D eigenvalue weighted by molar-refractivity contribution is 0.539. The Balaban J connectivity index is 2.28. The molecular weight excluding hydrogens is 182 g/mol. The Morgan fingerprint density at radius 3 is 1.53 bits per heavy atom. The summed E-state index contributed by atoms with van der Waals surface area (Å²) < 4.78 is 0. The van der Waals surface area contributed by atoms with Gasteiger partial charge in [-0.1, -0.05) is 56.6 Å². The fourth-order valence-corrected chi connectivity index (χ4v) is 2.44. The van der Waals surface area contributed by atoms with E-state index in [9.17, 15) is 0 Å². The van der Waals surface area contributed by atoms with Crippen LogP contribution in [0, 0.1) is 0 Å². The SMILES string of the molecule is NCC=C1CCCCCCCCCCC1. The van der Waals surface area contributed by atoms with Gasteiger partial charge in [-0.25, -0.2) is 0 Å². The van der Waals surface area contributed by atoms with E-state index in [1.807, 2.05) is 0 Å². The third-order valence-electron chi connectivity index (χ3n) is 3.40. The Labute approximate surface area is 95.1 Å². The van der Waals surface area contributed by atoms with Crippen molar-refractivity contribution in [3.63, 3.8) is 0 Å². The van der Waals surface area contributed by atoms with Gasteiger partial charge in [0.1, 0.15) is 0 Å². The minimum Gasteiger partial charge on any atom is -0.327 e. The summed E-state index contributed by atoms with van der Waals surface area (Å²) in [5.41, 5.74) is 7.22. The van der Waals surface area contributed by atoms with Crippen LogP contribution >= 0.6 is 0 Å². The van der Waals surface area contributed by atoms with Crippen LogP contribution in [0.2, 0.25) is 0 Å². The maximum Gasteiger partial charge on any atom is 0.0109 e. The van der Waals surface area contributed by atoms with Crippen LogP contribution in [0.15, 0.2) is 11.6 Å². The Bertz CT molecular complexity index is 158. The standard InChI is InChI=1S/C14H27N/c15-13-12-14-10-8-6-4-2-1-3-5-7-9-11-14/h12H,1-11,13,15H2. The molecule has 0 saturated heterocycles. The summed E-state index contributed by atoms with van der Waals surface area (Å²) in [4.78, 5) is 0. The van der Waals surface area contributed by atoms with Crippen molar-refractivity contribution in [2.75, 3.05) is 6.54 Å². The predicted octanol–water partition coefficient (Wildman–Crippen LogP) is 4.18. The minimum atomic E-state index is 0.731. The lowest BCUT2D eigenvalue weighted by atomic mass is 9.97. The first-order chi connectivity index (χ1) is 7.43. The fraction of sp³-hybridized carbons (Fsp3) is 0.857. The number of nitrogens with two attached hydrogens (primary N) is 1. The van der Waals surface area contributed by atoms with E-state index in [1.165, 1.54) is 70.6 Å². The van der Waals surface area contributed by atoms with Gasteiger partial charge in [-0.2, -0.15) is 0 Å². The summed E-state index contributed by atoms with van der Waals surface area (Å²) >= 11 is 0. The van der Waals surface area contributed by atoms with Crippen LogP contribution < -0.4 is 5.73 Å². The normalized spacial score (nSPS) is 21.5. The van der Waals surface area contributed by atoms with E-state index in [0.29, 0.717) is 0 Å². The monoisotopic (exact) mass is 209 g/mol. The van der Waals surface area contributed by atoms with Crippen LogP contribution in [-0.4, -0.2) is 6.54 Å². The molecule has 0 unspecified atom stereocenters. The molecule has 1 rings (SSSR count). The Morgan fingerprint density at radius 2 is 1.13 bits per heavy atom. The van der Waals surface area contributed by atoms with Crippen molar-refractivity contribution in [2.45, 2.75) is 70.6 Å². The number of hydrogen-bond donors (Lipinski definition) is 1. The smallest absolute Gasteiger partial charge is 0.0109 e. The van der Waals surface area contributed by atoms with Gasteiger partial charge in [-0.3, -0.25) is 0 Å². The van der Waals surface area contributed by atoms with Gasteiger partial charge in [0.05, 0.1) is 0 Å². The van der Waals surface area contributed by atoms with Gasteiger partial charge in [-0.15, -0.1) is 0 Å². The van der Waals surface area contributed by atoms with Gasteiger partial charge in [0.2, 0.25) is 0 Å². The molecule has 0 heterocycles. The second-order valence-corrected chi connectivity index (χ2v) is 4.78.